The minimum Gasteiger partial charge on any atom is -0.388 e. The maximum atomic E-state index is 10.4. The third-order valence-corrected chi connectivity index (χ3v) is 3.34. The first kappa shape index (κ1) is 13.8. The van der Waals surface area contributed by atoms with Gasteiger partial charge in [0.1, 0.15) is 0 Å². The first-order valence-electron chi connectivity index (χ1n) is 6.77. The Morgan fingerprint density at radius 2 is 1.16 bits per heavy atom. The average molecular weight is 254 g/mol. The van der Waals surface area contributed by atoms with E-state index in [0.29, 0.717) is 6.42 Å². The van der Waals surface area contributed by atoms with Crippen LogP contribution in [0.1, 0.15) is 39.5 Å². The van der Waals surface area contributed by atoms with Crippen molar-refractivity contribution in [2.24, 2.45) is 0 Å². The van der Waals surface area contributed by atoms with E-state index in [1.54, 1.807) is 0 Å². The average Bonchev–Trinajstić information content (AvgIpc) is 2.25. The molecule has 0 aromatic heterocycles. The van der Waals surface area contributed by atoms with Gasteiger partial charge in [0.2, 0.25) is 0 Å². The molecule has 100 valence electrons. The normalized spacial score (nSPS) is 12.5. The van der Waals surface area contributed by atoms with Crippen LogP contribution in [0.25, 0.3) is 0 Å². The Kier molecular flexibility index (Phi) is 4.06. The smallest absolute Gasteiger partial charge is 0.0830 e. The summed E-state index contributed by atoms with van der Waals surface area (Å²) in [6.07, 6.45) is 0.241. The van der Waals surface area contributed by atoms with Crippen molar-refractivity contribution in [3.05, 3.63) is 69.8 Å². The number of aliphatic hydroxyl groups is 1. The lowest BCUT2D eigenvalue weighted by Crippen LogP contribution is -2.03. The molecule has 1 nitrogen and oxygen atoms in total. The zero-order valence-electron chi connectivity index (χ0n) is 12.2. The lowest BCUT2D eigenvalue weighted by Gasteiger charge is -2.14. The molecule has 0 spiro atoms. The van der Waals surface area contributed by atoms with E-state index >= 15 is 0 Å². The van der Waals surface area contributed by atoms with E-state index in [-0.39, 0.29) is 0 Å². The van der Waals surface area contributed by atoms with E-state index < -0.39 is 6.10 Å². The highest BCUT2D eigenvalue weighted by Crippen LogP contribution is 2.22. The Morgan fingerprint density at radius 3 is 1.63 bits per heavy atom. The molecule has 0 aliphatic heterocycles. The molecule has 2 aromatic rings. The fourth-order valence-electron chi connectivity index (χ4n) is 2.73. The molecular formula is C18H22O. The first-order chi connectivity index (χ1) is 8.94. The molecule has 2 aromatic carbocycles. The predicted octanol–water partition coefficient (Wildman–Crippen LogP) is 4.20. The van der Waals surface area contributed by atoms with Gasteiger partial charge in [-0.1, -0.05) is 58.7 Å². The van der Waals surface area contributed by atoms with E-state index in [1.807, 2.05) is 0 Å². The van der Waals surface area contributed by atoms with Gasteiger partial charge in [-0.3, -0.25) is 0 Å². The van der Waals surface area contributed by atoms with Crippen LogP contribution in [0, 0.1) is 27.7 Å². The van der Waals surface area contributed by atoms with E-state index in [9.17, 15) is 5.11 Å². The van der Waals surface area contributed by atoms with Crippen LogP contribution in [0.15, 0.2) is 36.4 Å². The molecule has 0 heterocycles. The molecule has 0 amide bonds. The van der Waals surface area contributed by atoms with Crippen molar-refractivity contribution in [1.82, 2.24) is 0 Å². The van der Waals surface area contributed by atoms with Gasteiger partial charge in [-0.25, -0.2) is 0 Å². The summed E-state index contributed by atoms with van der Waals surface area (Å²) in [5.41, 5.74) is 7.12. The van der Waals surface area contributed by atoms with Crippen molar-refractivity contribution in [2.45, 2.75) is 40.2 Å². The Labute approximate surface area is 115 Å². The second-order valence-electron chi connectivity index (χ2n) is 5.64. The molecule has 0 aliphatic rings. The standard InChI is InChI=1S/C18H22O/c1-12-5-13(2)8-16(7-12)11-18(19)17-9-14(3)6-15(4)10-17/h5-10,18-19H,11H2,1-4H3. The molecule has 2 rings (SSSR count). The second kappa shape index (κ2) is 5.58. The Morgan fingerprint density at radius 1 is 0.737 bits per heavy atom. The van der Waals surface area contributed by atoms with Gasteiger partial charge in [-0.2, -0.15) is 0 Å². The summed E-state index contributed by atoms with van der Waals surface area (Å²) in [4.78, 5) is 0. The molecule has 0 aliphatic carbocycles. The molecule has 1 atom stereocenters. The van der Waals surface area contributed by atoms with Crippen molar-refractivity contribution in [3.8, 4) is 0 Å². The van der Waals surface area contributed by atoms with E-state index in [2.05, 4.69) is 64.1 Å². The van der Waals surface area contributed by atoms with Crippen LogP contribution in [-0.2, 0) is 6.42 Å². The molecule has 0 bridgehead atoms. The second-order valence-corrected chi connectivity index (χ2v) is 5.64. The molecule has 19 heavy (non-hydrogen) atoms. The molecule has 0 radical (unpaired) electrons. The van der Waals surface area contributed by atoms with Gasteiger partial charge in [0.15, 0.2) is 0 Å². The summed E-state index contributed by atoms with van der Waals surface area (Å²) in [5, 5.41) is 10.4. The van der Waals surface area contributed by atoms with Gasteiger partial charge in [0.25, 0.3) is 0 Å². The molecule has 0 saturated carbocycles. The minimum atomic E-state index is -0.431. The molecule has 1 unspecified atom stereocenters. The lowest BCUT2D eigenvalue weighted by molar-refractivity contribution is 0.178. The zero-order chi connectivity index (χ0) is 14.0. The Bertz CT molecular complexity index is 544. The van der Waals surface area contributed by atoms with Gasteiger partial charge in [-0.05, 0) is 38.8 Å². The number of hydrogen-bond donors (Lipinski definition) is 1. The monoisotopic (exact) mass is 254 g/mol. The minimum absolute atomic E-state index is 0.431. The predicted molar refractivity (Wildman–Crippen MR) is 80.5 cm³/mol. The maximum absolute atomic E-state index is 10.4. The van der Waals surface area contributed by atoms with Crippen molar-refractivity contribution in [3.63, 3.8) is 0 Å². The number of rotatable bonds is 3. The largest absolute Gasteiger partial charge is 0.388 e. The lowest BCUT2D eigenvalue weighted by atomic mass is 9.96. The topological polar surface area (TPSA) is 20.2 Å². The summed E-state index contributed by atoms with van der Waals surface area (Å²) in [5.74, 6) is 0. The maximum Gasteiger partial charge on any atom is 0.0830 e. The van der Waals surface area contributed by atoms with Crippen molar-refractivity contribution in [2.75, 3.05) is 0 Å². The highest BCUT2D eigenvalue weighted by atomic mass is 16.3. The van der Waals surface area contributed by atoms with Crippen molar-refractivity contribution < 1.29 is 5.11 Å². The van der Waals surface area contributed by atoms with Crippen LogP contribution in [-0.4, -0.2) is 5.11 Å². The van der Waals surface area contributed by atoms with Crippen molar-refractivity contribution in [1.29, 1.82) is 0 Å². The zero-order valence-corrected chi connectivity index (χ0v) is 12.2. The highest BCUT2D eigenvalue weighted by molar-refractivity contribution is 5.33. The van der Waals surface area contributed by atoms with Gasteiger partial charge < -0.3 is 5.11 Å². The molecule has 1 N–H and O–H groups in total. The number of aryl methyl sites for hydroxylation is 4. The van der Waals surface area contributed by atoms with Gasteiger partial charge in [-0.15, -0.1) is 0 Å². The van der Waals surface area contributed by atoms with Crippen LogP contribution in [0.2, 0.25) is 0 Å². The van der Waals surface area contributed by atoms with E-state index in [4.69, 9.17) is 0 Å². The fraction of sp³-hybridized carbons (Fsp3) is 0.333. The molecule has 1 heteroatoms. The third-order valence-electron chi connectivity index (χ3n) is 3.34. The SMILES string of the molecule is Cc1cc(C)cc(CC(O)c2cc(C)cc(C)c2)c1. The highest BCUT2D eigenvalue weighted by Gasteiger charge is 2.10. The van der Waals surface area contributed by atoms with Crippen molar-refractivity contribution >= 4 is 0 Å². The van der Waals surface area contributed by atoms with Crippen LogP contribution in [0.5, 0.6) is 0 Å². The summed E-state index contributed by atoms with van der Waals surface area (Å²) < 4.78 is 0. The Balaban J connectivity index is 2.22. The summed E-state index contributed by atoms with van der Waals surface area (Å²) in [6.45, 7) is 8.33. The van der Waals surface area contributed by atoms with Gasteiger partial charge >= 0.3 is 0 Å². The number of aliphatic hydroxyl groups excluding tert-OH is 1. The molecule has 0 saturated heterocycles. The van der Waals surface area contributed by atoms with Crippen LogP contribution in [0.3, 0.4) is 0 Å². The van der Waals surface area contributed by atoms with E-state index in [1.165, 1.54) is 27.8 Å². The third kappa shape index (κ3) is 3.68. The van der Waals surface area contributed by atoms with Crippen LogP contribution < -0.4 is 0 Å². The van der Waals surface area contributed by atoms with E-state index in [0.717, 1.165) is 5.56 Å². The first-order valence-corrected chi connectivity index (χ1v) is 6.77. The summed E-state index contributed by atoms with van der Waals surface area (Å²) in [6, 6.07) is 12.7. The quantitative estimate of drug-likeness (QED) is 0.870. The van der Waals surface area contributed by atoms with Crippen LogP contribution in [0.4, 0.5) is 0 Å². The number of benzene rings is 2. The fourth-order valence-corrected chi connectivity index (χ4v) is 2.73. The van der Waals surface area contributed by atoms with Crippen LogP contribution >= 0.6 is 0 Å². The molecular weight excluding hydrogens is 232 g/mol. The van der Waals surface area contributed by atoms with Gasteiger partial charge in [0, 0.05) is 6.42 Å². The number of hydrogen-bond acceptors (Lipinski definition) is 1. The Hall–Kier alpha value is -1.60. The summed E-state index contributed by atoms with van der Waals surface area (Å²) >= 11 is 0. The van der Waals surface area contributed by atoms with Gasteiger partial charge in [0.05, 0.1) is 6.10 Å². The molecule has 0 fully saturated rings. The summed E-state index contributed by atoms with van der Waals surface area (Å²) in [7, 11) is 0.